The third kappa shape index (κ3) is 7.96. The minimum atomic E-state index is -0.0337. The summed E-state index contributed by atoms with van der Waals surface area (Å²) in [6.45, 7) is 11.1. The fraction of sp³-hybridized carbons (Fsp3) is 0.447. The summed E-state index contributed by atoms with van der Waals surface area (Å²) in [5.74, 6) is 1.53. The van der Waals surface area contributed by atoms with E-state index in [-0.39, 0.29) is 11.3 Å². The molecule has 3 aromatic rings. The number of amides is 1. The molecule has 1 amide bonds. The van der Waals surface area contributed by atoms with Gasteiger partial charge in [0.05, 0.1) is 13.2 Å². The third-order valence-electron chi connectivity index (χ3n) is 8.84. The molecule has 6 rings (SSSR count). The van der Waals surface area contributed by atoms with Crippen molar-refractivity contribution in [2.45, 2.75) is 78.7 Å². The maximum absolute atomic E-state index is 12.5. The summed E-state index contributed by atoms with van der Waals surface area (Å²) in [7, 11) is 1.68. The van der Waals surface area contributed by atoms with Crippen molar-refractivity contribution in [2.24, 2.45) is 4.99 Å². The summed E-state index contributed by atoms with van der Waals surface area (Å²) >= 11 is 1.46. The van der Waals surface area contributed by atoms with E-state index < -0.39 is 0 Å². The molecule has 1 aromatic carbocycles. The topological polar surface area (TPSA) is 87.4 Å². The van der Waals surface area contributed by atoms with Crippen LogP contribution < -0.4 is 15.6 Å². The van der Waals surface area contributed by atoms with Gasteiger partial charge in [-0.05, 0) is 56.7 Å². The number of morpholine rings is 1. The quantitative estimate of drug-likeness (QED) is 0.266. The smallest absolute Gasteiger partial charge is 0.267 e. The summed E-state index contributed by atoms with van der Waals surface area (Å²) < 4.78 is 12.2. The molecule has 3 aliphatic rings. The molecule has 0 radical (unpaired) electrons. The van der Waals surface area contributed by atoms with Gasteiger partial charge in [-0.3, -0.25) is 9.59 Å². The van der Waals surface area contributed by atoms with Crippen LogP contribution in [0.3, 0.4) is 0 Å². The number of anilines is 1. The second-order valence-corrected chi connectivity index (χ2v) is 13.0. The zero-order chi connectivity index (χ0) is 33.3. The number of likely N-dealkylation sites (N-methyl/N-ethyl adjacent to an activating group) is 1. The fourth-order valence-electron chi connectivity index (χ4n) is 6.42. The first-order valence-corrected chi connectivity index (χ1v) is 17.9. The van der Waals surface area contributed by atoms with E-state index in [9.17, 15) is 9.59 Å². The average Bonchev–Trinajstić information content (AvgIpc) is 3.85. The average molecular weight is 657 g/mol. The number of nitrogens with one attached hydrogen (secondary N) is 1. The molecule has 1 saturated heterocycles. The zero-order valence-electron chi connectivity index (χ0n) is 28.4. The van der Waals surface area contributed by atoms with E-state index in [1.807, 2.05) is 31.4 Å². The van der Waals surface area contributed by atoms with E-state index in [4.69, 9.17) is 14.1 Å². The van der Waals surface area contributed by atoms with Crippen LogP contribution in [0.2, 0.25) is 0 Å². The second-order valence-electron chi connectivity index (χ2n) is 12.2. The number of hydrogen-bond acceptors (Lipinski definition) is 7. The van der Waals surface area contributed by atoms with Crippen molar-refractivity contribution in [3.8, 4) is 11.1 Å². The highest BCUT2D eigenvalue weighted by Gasteiger charge is 2.36. The van der Waals surface area contributed by atoms with Crippen LogP contribution in [0, 0.1) is 0 Å². The lowest BCUT2D eigenvalue weighted by atomic mass is 10.0. The number of thiophene rings is 1. The van der Waals surface area contributed by atoms with Crippen molar-refractivity contribution in [3.05, 3.63) is 86.7 Å². The molecule has 4 heterocycles. The minimum absolute atomic E-state index is 0.0293. The van der Waals surface area contributed by atoms with Crippen LogP contribution in [-0.4, -0.2) is 56.0 Å². The SMILES string of the molecule is C/C=C1/C=C(C(=O)NC)N(C2CCCC2)/C1=N/C(C)=C\CC.CCCc1ccc(-c2csc3c(=O)cc(N4CCOCC4)oc23)cc1. The van der Waals surface area contributed by atoms with E-state index in [1.54, 1.807) is 13.1 Å². The maximum Gasteiger partial charge on any atom is 0.267 e. The molecule has 8 nitrogen and oxygen atoms in total. The van der Waals surface area contributed by atoms with Gasteiger partial charge in [0.25, 0.3) is 5.91 Å². The predicted octanol–water partition coefficient (Wildman–Crippen LogP) is 7.84. The molecule has 2 aliphatic heterocycles. The number of carbonyl (C=O) groups is 1. The molecule has 2 fully saturated rings. The minimum Gasteiger partial charge on any atom is -0.439 e. The molecule has 0 unspecified atom stereocenters. The van der Waals surface area contributed by atoms with Crippen LogP contribution >= 0.6 is 11.3 Å². The van der Waals surface area contributed by atoms with Crippen molar-refractivity contribution < 1.29 is 13.9 Å². The largest absolute Gasteiger partial charge is 0.439 e. The highest BCUT2D eigenvalue weighted by Crippen LogP contribution is 2.35. The Kier molecular flexibility index (Phi) is 11.9. The van der Waals surface area contributed by atoms with Crippen LogP contribution in [0.25, 0.3) is 21.4 Å². The standard InChI is InChI=1S/C20H21NO3S.C18H27N3O/c1-2-3-14-4-6-15(7-5-14)16-13-25-20-17(22)12-18(24-19(16)20)21-8-10-23-11-9-21;1-5-9-13(3)20-17-14(6-2)12-16(18(22)19-4)21(17)15-10-7-8-11-15/h4-7,12-13H,2-3,8-11H2,1H3;6,9,12,15H,5,7-8,10-11H2,1-4H3,(H,19,22)/b;13-9-,14-6-,20-17+. The molecule has 250 valence electrons. The Morgan fingerprint density at radius 3 is 2.49 bits per heavy atom. The van der Waals surface area contributed by atoms with Crippen molar-refractivity contribution in [1.82, 2.24) is 10.2 Å². The number of benzene rings is 1. The Balaban J connectivity index is 0.000000186. The number of aliphatic imine (C=N–C) groups is 1. The second kappa shape index (κ2) is 16.2. The number of hydrogen-bond donors (Lipinski definition) is 1. The molecule has 2 aromatic heterocycles. The predicted molar refractivity (Wildman–Crippen MR) is 194 cm³/mol. The highest BCUT2D eigenvalue weighted by molar-refractivity contribution is 7.17. The maximum atomic E-state index is 12.5. The van der Waals surface area contributed by atoms with E-state index in [0.29, 0.717) is 35.4 Å². The first kappa shape index (κ1) is 34.4. The van der Waals surface area contributed by atoms with Crippen LogP contribution in [0.5, 0.6) is 0 Å². The van der Waals surface area contributed by atoms with Gasteiger partial charge in [-0.1, -0.05) is 69.5 Å². The van der Waals surface area contributed by atoms with E-state index >= 15 is 0 Å². The van der Waals surface area contributed by atoms with E-state index in [1.165, 1.54) is 29.7 Å². The molecular weight excluding hydrogens is 609 g/mol. The highest BCUT2D eigenvalue weighted by atomic mass is 32.1. The van der Waals surface area contributed by atoms with Crippen molar-refractivity contribution in [3.63, 3.8) is 0 Å². The number of fused-ring (bicyclic) bond motifs is 1. The summed E-state index contributed by atoms with van der Waals surface area (Å²) in [5, 5.41) is 4.78. The van der Waals surface area contributed by atoms with Gasteiger partial charge in [0.1, 0.15) is 16.2 Å². The molecule has 1 saturated carbocycles. The van der Waals surface area contributed by atoms with Gasteiger partial charge in [-0.2, -0.15) is 0 Å². The van der Waals surface area contributed by atoms with Crippen LogP contribution in [0.1, 0.15) is 71.8 Å². The van der Waals surface area contributed by atoms with Crippen LogP contribution in [0.15, 0.2) is 85.1 Å². The van der Waals surface area contributed by atoms with Crippen molar-refractivity contribution >= 4 is 39.2 Å². The van der Waals surface area contributed by atoms with Gasteiger partial charge in [-0.25, -0.2) is 4.99 Å². The summed E-state index contributed by atoms with van der Waals surface area (Å²) in [6, 6.07) is 10.5. The summed E-state index contributed by atoms with van der Waals surface area (Å²) in [5.41, 5.74) is 6.92. The lowest BCUT2D eigenvalue weighted by molar-refractivity contribution is -0.118. The summed E-state index contributed by atoms with van der Waals surface area (Å²) in [6.07, 6.45) is 14.0. The molecule has 0 atom stereocenters. The number of allylic oxidation sites excluding steroid dienone is 3. The zero-order valence-corrected chi connectivity index (χ0v) is 29.3. The Labute approximate surface area is 282 Å². The number of ether oxygens (including phenoxy) is 1. The lowest BCUT2D eigenvalue weighted by Gasteiger charge is -2.29. The number of nitrogens with zero attached hydrogens (tertiary/aromatic N) is 3. The number of aryl methyl sites for hydroxylation is 1. The molecule has 9 heteroatoms. The lowest BCUT2D eigenvalue weighted by Crippen LogP contribution is -2.40. The molecule has 1 aliphatic carbocycles. The van der Waals surface area contributed by atoms with E-state index in [2.05, 4.69) is 59.3 Å². The van der Waals surface area contributed by atoms with Crippen molar-refractivity contribution in [1.29, 1.82) is 0 Å². The van der Waals surface area contributed by atoms with Crippen molar-refractivity contribution in [2.75, 3.05) is 38.3 Å². The first-order chi connectivity index (χ1) is 22.9. The Bertz CT molecular complexity index is 1720. The van der Waals surface area contributed by atoms with Gasteiger partial charge in [0, 0.05) is 54.5 Å². The Hall–Kier alpha value is -3.95. The van der Waals surface area contributed by atoms with Gasteiger partial charge in [-0.15, -0.1) is 11.3 Å². The van der Waals surface area contributed by atoms with Gasteiger partial charge in [0.2, 0.25) is 5.43 Å². The molecule has 0 spiro atoms. The Morgan fingerprint density at radius 1 is 1.13 bits per heavy atom. The number of amidine groups is 1. The summed E-state index contributed by atoms with van der Waals surface area (Å²) in [4.78, 5) is 33.9. The number of carbonyl (C=O) groups excluding carboxylic acids is 1. The van der Waals surface area contributed by atoms with Crippen LogP contribution in [-0.2, 0) is 16.0 Å². The Morgan fingerprint density at radius 2 is 1.85 bits per heavy atom. The van der Waals surface area contributed by atoms with Gasteiger partial charge < -0.3 is 24.3 Å². The molecule has 1 N–H and O–H groups in total. The normalized spacial score (nSPS) is 19.0. The fourth-order valence-corrected chi connectivity index (χ4v) is 7.33. The monoisotopic (exact) mass is 656 g/mol. The van der Waals surface area contributed by atoms with E-state index in [0.717, 1.165) is 79.1 Å². The first-order valence-electron chi connectivity index (χ1n) is 17.0. The van der Waals surface area contributed by atoms with Gasteiger partial charge in [0.15, 0.2) is 11.5 Å². The number of rotatable bonds is 8. The molecule has 47 heavy (non-hydrogen) atoms. The third-order valence-corrected chi connectivity index (χ3v) is 9.81. The molecule has 0 bridgehead atoms. The van der Waals surface area contributed by atoms with Gasteiger partial charge >= 0.3 is 0 Å². The van der Waals surface area contributed by atoms with Crippen LogP contribution in [0.4, 0.5) is 5.88 Å². The molecular formula is C38H48N4O4S.